The third-order valence-electron chi connectivity index (χ3n) is 2.93. The van der Waals surface area contributed by atoms with Gasteiger partial charge in [-0.25, -0.2) is 4.98 Å². The van der Waals surface area contributed by atoms with Gasteiger partial charge in [0.05, 0.1) is 15.6 Å². The fraction of sp³-hybridized carbons (Fsp3) is 0.286. The van der Waals surface area contributed by atoms with Crippen LogP contribution in [0.25, 0.3) is 0 Å². The molecular weight excluding hydrogens is 399 g/mol. The monoisotopic (exact) mass is 416 g/mol. The van der Waals surface area contributed by atoms with Crippen molar-refractivity contribution >= 4 is 46.1 Å². The Morgan fingerprint density at radius 2 is 1.95 bits per heavy atom. The van der Waals surface area contributed by atoms with Crippen LogP contribution in [0, 0.1) is 3.57 Å². The van der Waals surface area contributed by atoms with Crippen LogP contribution < -0.4 is 16.2 Å². The molecule has 112 valence electrons. The van der Waals surface area contributed by atoms with E-state index in [-0.39, 0.29) is 5.95 Å². The Balaban J connectivity index is 2.45. The highest BCUT2D eigenvalue weighted by Crippen LogP contribution is 2.39. The number of hydrogen-bond donors (Lipinski definition) is 2. The van der Waals surface area contributed by atoms with Gasteiger partial charge >= 0.3 is 0 Å². The highest BCUT2D eigenvalue weighted by Gasteiger charge is 2.14. The maximum atomic E-state index is 5.91. The standard InChI is InChI=1S/C14H17IN4OS/c1-7(2)8-4-10(20-3)9(15)5-11(8)21-12-6-18-14(17)19-13(12)16/h4-7H,1-3H3,(H4,16,17,18,19). The van der Waals surface area contributed by atoms with Crippen molar-refractivity contribution < 1.29 is 4.74 Å². The van der Waals surface area contributed by atoms with Gasteiger partial charge in [-0.2, -0.15) is 4.98 Å². The summed E-state index contributed by atoms with van der Waals surface area (Å²) in [7, 11) is 1.68. The van der Waals surface area contributed by atoms with Gasteiger partial charge in [0.15, 0.2) is 0 Å². The van der Waals surface area contributed by atoms with E-state index < -0.39 is 0 Å². The summed E-state index contributed by atoms with van der Waals surface area (Å²) >= 11 is 3.81. The first-order valence-corrected chi connectivity index (χ1v) is 8.25. The van der Waals surface area contributed by atoms with Gasteiger partial charge in [0, 0.05) is 11.1 Å². The number of methoxy groups -OCH3 is 1. The highest BCUT2D eigenvalue weighted by molar-refractivity contribution is 14.1. The van der Waals surface area contributed by atoms with Crippen molar-refractivity contribution in [3.63, 3.8) is 0 Å². The molecule has 0 aliphatic rings. The molecule has 5 nitrogen and oxygen atoms in total. The van der Waals surface area contributed by atoms with Crippen LogP contribution in [0.1, 0.15) is 25.3 Å². The van der Waals surface area contributed by atoms with Crippen molar-refractivity contribution in [2.75, 3.05) is 18.6 Å². The zero-order chi connectivity index (χ0) is 15.6. The molecule has 7 heteroatoms. The van der Waals surface area contributed by atoms with Crippen LogP contribution in [0.5, 0.6) is 5.75 Å². The lowest BCUT2D eigenvalue weighted by molar-refractivity contribution is 0.410. The summed E-state index contributed by atoms with van der Waals surface area (Å²) in [6, 6.07) is 4.16. The molecule has 0 atom stereocenters. The number of nitrogen functional groups attached to an aromatic ring is 2. The lowest BCUT2D eigenvalue weighted by atomic mass is 10.0. The fourth-order valence-electron chi connectivity index (χ4n) is 1.84. The average Bonchev–Trinajstić information content (AvgIpc) is 2.41. The average molecular weight is 416 g/mol. The van der Waals surface area contributed by atoms with Crippen LogP contribution in [0.4, 0.5) is 11.8 Å². The number of ether oxygens (including phenoxy) is 1. The second-order valence-corrected chi connectivity index (χ2v) is 7.01. The van der Waals surface area contributed by atoms with Gasteiger partial charge in [-0.3, -0.25) is 0 Å². The third-order valence-corrected chi connectivity index (χ3v) is 4.88. The van der Waals surface area contributed by atoms with Crippen molar-refractivity contribution in [3.8, 4) is 5.75 Å². The van der Waals surface area contributed by atoms with E-state index in [0.29, 0.717) is 11.7 Å². The maximum absolute atomic E-state index is 5.91. The summed E-state index contributed by atoms with van der Waals surface area (Å²) in [5.74, 6) is 1.83. The molecule has 0 unspecified atom stereocenters. The van der Waals surface area contributed by atoms with Crippen LogP contribution >= 0.6 is 34.4 Å². The molecule has 0 aliphatic heterocycles. The number of benzene rings is 1. The summed E-state index contributed by atoms with van der Waals surface area (Å²) in [5.41, 5.74) is 12.6. The largest absolute Gasteiger partial charge is 0.496 e. The van der Waals surface area contributed by atoms with Crippen LogP contribution in [-0.4, -0.2) is 17.1 Å². The molecule has 0 bridgehead atoms. The molecule has 0 amide bonds. The van der Waals surface area contributed by atoms with Crippen molar-refractivity contribution in [3.05, 3.63) is 27.5 Å². The number of rotatable bonds is 4. The quantitative estimate of drug-likeness (QED) is 0.742. The summed E-state index contributed by atoms with van der Waals surface area (Å²) < 4.78 is 6.45. The molecule has 0 aliphatic carbocycles. The Kier molecular flexibility index (Phi) is 5.15. The van der Waals surface area contributed by atoms with E-state index in [1.807, 2.05) is 0 Å². The molecule has 0 saturated heterocycles. The van der Waals surface area contributed by atoms with Gasteiger partial charge in [-0.05, 0) is 46.2 Å². The molecule has 1 aromatic carbocycles. The first kappa shape index (κ1) is 16.2. The van der Waals surface area contributed by atoms with E-state index >= 15 is 0 Å². The minimum Gasteiger partial charge on any atom is -0.496 e. The Morgan fingerprint density at radius 1 is 1.24 bits per heavy atom. The molecule has 2 rings (SSSR count). The SMILES string of the molecule is COc1cc(C(C)C)c(Sc2cnc(N)nc2N)cc1I. The minimum atomic E-state index is 0.185. The Bertz CT molecular complexity index is 664. The molecule has 0 radical (unpaired) electrons. The van der Waals surface area contributed by atoms with Crippen LogP contribution in [0.3, 0.4) is 0 Å². The molecule has 1 aromatic heterocycles. The van der Waals surface area contributed by atoms with Gasteiger partial charge < -0.3 is 16.2 Å². The number of aromatic nitrogens is 2. The second kappa shape index (κ2) is 6.69. The van der Waals surface area contributed by atoms with Crippen LogP contribution in [0.15, 0.2) is 28.1 Å². The van der Waals surface area contributed by atoms with Crippen molar-refractivity contribution in [1.82, 2.24) is 9.97 Å². The Labute approximate surface area is 142 Å². The normalized spacial score (nSPS) is 10.9. The van der Waals surface area contributed by atoms with Gasteiger partial charge in [-0.15, -0.1) is 0 Å². The number of halogens is 1. The van der Waals surface area contributed by atoms with E-state index in [2.05, 4.69) is 58.5 Å². The fourth-order valence-corrected chi connectivity index (χ4v) is 3.82. The molecule has 0 saturated carbocycles. The van der Waals surface area contributed by atoms with Crippen LogP contribution in [-0.2, 0) is 0 Å². The van der Waals surface area contributed by atoms with Crippen molar-refractivity contribution in [1.29, 1.82) is 0 Å². The zero-order valence-corrected chi connectivity index (χ0v) is 15.0. The maximum Gasteiger partial charge on any atom is 0.221 e. The summed E-state index contributed by atoms with van der Waals surface area (Å²) in [6.45, 7) is 4.29. The molecular formula is C14H17IN4OS. The lowest BCUT2D eigenvalue weighted by Gasteiger charge is -2.16. The molecule has 21 heavy (non-hydrogen) atoms. The van der Waals surface area contributed by atoms with E-state index in [4.69, 9.17) is 16.2 Å². The number of anilines is 2. The molecule has 4 N–H and O–H groups in total. The molecule has 1 heterocycles. The highest BCUT2D eigenvalue weighted by atomic mass is 127. The number of nitrogens with two attached hydrogens (primary N) is 2. The van der Waals surface area contributed by atoms with E-state index in [0.717, 1.165) is 19.1 Å². The predicted octanol–water partition coefficient (Wildman–Crippen LogP) is 3.53. The van der Waals surface area contributed by atoms with Crippen LogP contribution in [0.2, 0.25) is 0 Å². The second-order valence-electron chi connectivity index (χ2n) is 4.76. The van der Waals surface area contributed by atoms with E-state index in [1.54, 1.807) is 25.1 Å². The summed E-state index contributed by atoms with van der Waals surface area (Å²) in [4.78, 5) is 9.92. The number of nitrogens with zero attached hydrogens (tertiary/aromatic N) is 2. The van der Waals surface area contributed by atoms with Gasteiger partial charge in [-0.1, -0.05) is 25.6 Å². The molecule has 2 aromatic rings. The first-order valence-electron chi connectivity index (χ1n) is 6.35. The Morgan fingerprint density at radius 3 is 2.52 bits per heavy atom. The van der Waals surface area contributed by atoms with Crippen molar-refractivity contribution in [2.24, 2.45) is 0 Å². The van der Waals surface area contributed by atoms with E-state index in [1.165, 1.54) is 5.56 Å². The summed E-state index contributed by atoms with van der Waals surface area (Å²) in [5, 5.41) is 0. The first-order chi connectivity index (χ1) is 9.92. The number of hydrogen-bond acceptors (Lipinski definition) is 6. The minimum absolute atomic E-state index is 0.185. The van der Waals surface area contributed by atoms with Gasteiger partial charge in [0.2, 0.25) is 5.95 Å². The third kappa shape index (κ3) is 3.70. The van der Waals surface area contributed by atoms with E-state index in [9.17, 15) is 0 Å². The smallest absolute Gasteiger partial charge is 0.221 e. The predicted molar refractivity (Wildman–Crippen MR) is 94.8 cm³/mol. The van der Waals surface area contributed by atoms with Gasteiger partial charge in [0.1, 0.15) is 11.6 Å². The zero-order valence-electron chi connectivity index (χ0n) is 12.1. The van der Waals surface area contributed by atoms with Gasteiger partial charge in [0.25, 0.3) is 0 Å². The van der Waals surface area contributed by atoms with Crippen molar-refractivity contribution in [2.45, 2.75) is 29.6 Å². The summed E-state index contributed by atoms with van der Waals surface area (Å²) in [6.07, 6.45) is 1.66. The molecule has 0 fully saturated rings. The topological polar surface area (TPSA) is 87.0 Å². The Hall–Kier alpha value is -1.22. The molecule has 0 spiro atoms. The lowest BCUT2D eigenvalue weighted by Crippen LogP contribution is -2.01.